The molecule has 1 aliphatic carbocycles. The van der Waals surface area contributed by atoms with Gasteiger partial charge in [-0.15, -0.1) is 0 Å². The Labute approximate surface area is 92.2 Å². The second kappa shape index (κ2) is 4.57. The molecule has 0 amide bonds. The first-order chi connectivity index (χ1) is 7.86. The second-order valence-corrected chi connectivity index (χ2v) is 3.66. The summed E-state index contributed by atoms with van der Waals surface area (Å²) in [5.74, 6) is 0. The van der Waals surface area contributed by atoms with Crippen LogP contribution in [0.4, 0.5) is 0 Å². The van der Waals surface area contributed by atoms with E-state index in [1.54, 1.807) is 0 Å². The number of benzene rings is 1. The molecule has 1 aromatic carbocycles. The summed E-state index contributed by atoms with van der Waals surface area (Å²) in [5, 5.41) is 7.44. The maximum atomic E-state index is 8.55. The molecule has 1 aromatic rings. The Kier molecular flexibility index (Phi) is 2.96. The van der Waals surface area contributed by atoms with Gasteiger partial charge in [0.15, 0.2) is 0 Å². The molecule has 0 bridgehead atoms. The molecule has 0 unspecified atom stereocenters. The van der Waals surface area contributed by atoms with Crippen molar-refractivity contribution in [1.82, 2.24) is 0 Å². The zero-order valence-corrected chi connectivity index (χ0v) is 8.56. The number of hydrogen-bond donors (Lipinski definition) is 0. The molecule has 0 spiro atoms. The molecule has 2 rings (SSSR count). The first-order valence-corrected chi connectivity index (χ1v) is 5.03. The van der Waals surface area contributed by atoms with Crippen molar-refractivity contribution in [3.8, 4) is 0 Å². The molecular weight excluding hydrogens is 204 g/mol. The predicted molar refractivity (Wildman–Crippen MR) is 59.6 cm³/mol. The van der Waals surface area contributed by atoms with Gasteiger partial charge in [-0.05, 0) is 35.0 Å². The monoisotopic (exact) mass is 214 g/mol. The highest BCUT2D eigenvalue weighted by molar-refractivity contribution is 5.34. The maximum absolute atomic E-state index is 8.55. The quantitative estimate of drug-likeness (QED) is 0.407. The SMILES string of the molecule is [N-]=[N+]=N[C@H]1CCc2ccccc2[C@@H]1N=[N+]=[N-]. The third-order valence-corrected chi connectivity index (χ3v) is 2.82. The van der Waals surface area contributed by atoms with Gasteiger partial charge >= 0.3 is 0 Å². The molecule has 0 saturated carbocycles. The summed E-state index contributed by atoms with van der Waals surface area (Å²) in [6.45, 7) is 0. The largest absolute Gasteiger partial charge is 0.0898 e. The molecule has 0 aromatic heterocycles. The Morgan fingerprint density at radius 2 is 1.88 bits per heavy atom. The van der Waals surface area contributed by atoms with E-state index in [4.69, 9.17) is 11.1 Å². The van der Waals surface area contributed by atoms with Gasteiger partial charge in [-0.25, -0.2) is 0 Å². The van der Waals surface area contributed by atoms with E-state index >= 15 is 0 Å². The fourth-order valence-electron chi connectivity index (χ4n) is 2.10. The van der Waals surface area contributed by atoms with Crippen molar-refractivity contribution in [3.63, 3.8) is 0 Å². The average Bonchev–Trinajstić information content (AvgIpc) is 2.32. The van der Waals surface area contributed by atoms with Crippen LogP contribution >= 0.6 is 0 Å². The highest BCUT2D eigenvalue weighted by Crippen LogP contribution is 2.34. The highest BCUT2D eigenvalue weighted by Gasteiger charge is 2.27. The van der Waals surface area contributed by atoms with E-state index in [0.717, 1.165) is 18.4 Å². The van der Waals surface area contributed by atoms with Gasteiger partial charge in [0, 0.05) is 9.82 Å². The molecule has 1 aliphatic rings. The Bertz CT molecular complexity index is 484. The lowest BCUT2D eigenvalue weighted by atomic mass is 9.85. The van der Waals surface area contributed by atoms with E-state index in [-0.39, 0.29) is 12.1 Å². The van der Waals surface area contributed by atoms with Crippen LogP contribution in [0.3, 0.4) is 0 Å². The minimum atomic E-state index is -0.370. The van der Waals surface area contributed by atoms with Crippen molar-refractivity contribution in [2.45, 2.75) is 24.9 Å². The zero-order chi connectivity index (χ0) is 11.4. The summed E-state index contributed by atoms with van der Waals surface area (Å²) < 4.78 is 0. The van der Waals surface area contributed by atoms with Gasteiger partial charge in [0.25, 0.3) is 0 Å². The van der Waals surface area contributed by atoms with Crippen LogP contribution in [0.15, 0.2) is 34.5 Å². The van der Waals surface area contributed by atoms with Crippen molar-refractivity contribution in [1.29, 1.82) is 0 Å². The van der Waals surface area contributed by atoms with Crippen molar-refractivity contribution in [3.05, 3.63) is 56.3 Å². The van der Waals surface area contributed by atoms with Crippen LogP contribution < -0.4 is 0 Å². The van der Waals surface area contributed by atoms with Crippen molar-refractivity contribution < 1.29 is 0 Å². The van der Waals surface area contributed by atoms with Crippen LogP contribution in [0.5, 0.6) is 0 Å². The minimum Gasteiger partial charge on any atom is -0.0898 e. The van der Waals surface area contributed by atoms with E-state index in [0.29, 0.717) is 0 Å². The topological polar surface area (TPSA) is 97.5 Å². The molecule has 0 aliphatic heterocycles. The Hall–Kier alpha value is -2.16. The predicted octanol–water partition coefficient (Wildman–Crippen LogP) is 3.66. The number of rotatable bonds is 2. The Balaban J connectivity index is 2.46. The van der Waals surface area contributed by atoms with E-state index in [1.807, 2.05) is 24.3 Å². The fraction of sp³-hybridized carbons (Fsp3) is 0.400. The van der Waals surface area contributed by atoms with E-state index in [9.17, 15) is 0 Å². The smallest absolute Gasteiger partial charge is 0.0712 e. The zero-order valence-electron chi connectivity index (χ0n) is 8.56. The summed E-state index contributed by atoms with van der Waals surface area (Å²) in [5.41, 5.74) is 19.2. The van der Waals surface area contributed by atoms with Gasteiger partial charge in [0.2, 0.25) is 0 Å². The number of aryl methyl sites for hydroxylation is 1. The second-order valence-electron chi connectivity index (χ2n) is 3.66. The molecular formula is C10H10N6. The van der Waals surface area contributed by atoms with Crippen LogP contribution in [0.2, 0.25) is 0 Å². The molecule has 0 radical (unpaired) electrons. The fourth-order valence-corrected chi connectivity index (χ4v) is 2.10. The maximum Gasteiger partial charge on any atom is 0.0712 e. The molecule has 0 saturated heterocycles. The Morgan fingerprint density at radius 1 is 1.12 bits per heavy atom. The molecule has 16 heavy (non-hydrogen) atoms. The number of hydrogen-bond acceptors (Lipinski definition) is 2. The molecule has 0 fully saturated rings. The van der Waals surface area contributed by atoms with Crippen molar-refractivity contribution in [2.75, 3.05) is 0 Å². The summed E-state index contributed by atoms with van der Waals surface area (Å²) in [7, 11) is 0. The van der Waals surface area contributed by atoms with E-state index in [1.165, 1.54) is 5.56 Å². The lowest BCUT2D eigenvalue weighted by Gasteiger charge is -2.27. The number of nitrogens with zero attached hydrogens (tertiary/aromatic N) is 6. The first-order valence-electron chi connectivity index (χ1n) is 5.03. The summed E-state index contributed by atoms with van der Waals surface area (Å²) in [6.07, 6.45) is 1.59. The Morgan fingerprint density at radius 3 is 2.62 bits per heavy atom. The van der Waals surface area contributed by atoms with Crippen LogP contribution in [-0.4, -0.2) is 6.04 Å². The summed E-state index contributed by atoms with van der Waals surface area (Å²) in [6, 6.07) is 7.16. The van der Waals surface area contributed by atoms with Crippen LogP contribution in [0.1, 0.15) is 23.6 Å². The lowest BCUT2D eigenvalue weighted by molar-refractivity contribution is 0.478. The van der Waals surface area contributed by atoms with E-state index in [2.05, 4.69) is 20.1 Å². The van der Waals surface area contributed by atoms with Crippen molar-refractivity contribution in [2.24, 2.45) is 10.2 Å². The van der Waals surface area contributed by atoms with Gasteiger partial charge < -0.3 is 0 Å². The average molecular weight is 214 g/mol. The molecule has 0 heterocycles. The standard InChI is InChI=1S/C10H10N6/c11-15-13-9-6-5-7-3-1-2-4-8(7)10(9)14-16-12/h1-4,9-10H,5-6H2/t9-,10-/m0/s1. The number of azide groups is 2. The first kappa shape index (κ1) is 10.4. The van der Waals surface area contributed by atoms with Crippen molar-refractivity contribution >= 4 is 0 Å². The van der Waals surface area contributed by atoms with E-state index < -0.39 is 0 Å². The minimum absolute atomic E-state index is 0.268. The van der Waals surface area contributed by atoms with Crippen LogP contribution in [0.25, 0.3) is 20.9 Å². The lowest BCUT2D eigenvalue weighted by Crippen LogP contribution is -2.21. The van der Waals surface area contributed by atoms with Gasteiger partial charge in [0.05, 0.1) is 12.1 Å². The van der Waals surface area contributed by atoms with Gasteiger partial charge in [-0.1, -0.05) is 34.5 Å². The molecule has 2 atom stereocenters. The molecule has 6 heteroatoms. The van der Waals surface area contributed by atoms with Gasteiger partial charge in [0.1, 0.15) is 0 Å². The number of fused-ring (bicyclic) bond motifs is 1. The van der Waals surface area contributed by atoms with Crippen LogP contribution in [-0.2, 0) is 6.42 Å². The third kappa shape index (κ3) is 1.80. The summed E-state index contributed by atoms with van der Waals surface area (Å²) >= 11 is 0. The van der Waals surface area contributed by atoms with Gasteiger partial charge in [-0.2, -0.15) is 0 Å². The van der Waals surface area contributed by atoms with Crippen LogP contribution in [0, 0.1) is 0 Å². The normalized spacial score (nSPS) is 22.5. The molecule has 6 nitrogen and oxygen atoms in total. The molecule has 0 N–H and O–H groups in total. The van der Waals surface area contributed by atoms with Gasteiger partial charge in [-0.3, -0.25) is 0 Å². The third-order valence-electron chi connectivity index (χ3n) is 2.82. The molecule has 80 valence electrons. The highest BCUT2D eigenvalue weighted by atomic mass is 15.2. The summed E-state index contributed by atoms with van der Waals surface area (Å²) in [4.78, 5) is 5.64.